The molecule has 1 fully saturated rings. The lowest BCUT2D eigenvalue weighted by Crippen LogP contribution is -2.45. The Labute approximate surface area is 134 Å². The molecule has 0 radical (unpaired) electrons. The number of aliphatic carboxylic acids is 1. The molecule has 1 heterocycles. The number of carboxylic acid groups (broad SMARTS) is 1. The van der Waals surface area contributed by atoms with Gasteiger partial charge in [0, 0.05) is 5.69 Å². The van der Waals surface area contributed by atoms with E-state index in [9.17, 15) is 14.4 Å². The van der Waals surface area contributed by atoms with Gasteiger partial charge in [-0.25, -0.2) is 4.79 Å². The first-order valence-corrected chi connectivity index (χ1v) is 6.69. The van der Waals surface area contributed by atoms with E-state index in [0.29, 0.717) is 18.7 Å². The van der Waals surface area contributed by atoms with Crippen molar-refractivity contribution < 1.29 is 19.5 Å². The van der Waals surface area contributed by atoms with Crippen LogP contribution in [0.25, 0.3) is 0 Å². The number of nitrogens with zero attached hydrogens (tertiary/aromatic N) is 1. The Morgan fingerprint density at radius 3 is 2.55 bits per heavy atom. The Balaban J connectivity index is 0.00000242. The van der Waals surface area contributed by atoms with Crippen LogP contribution < -0.4 is 10.6 Å². The molecule has 0 aromatic heterocycles. The summed E-state index contributed by atoms with van der Waals surface area (Å²) in [4.78, 5) is 36.0. The molecule has 1 saturated heterocycles. The van der Waals surface area contributed by atoms with E-state index in [4.69, 9.17) is 5.11 Å². The first-order valence-electron chi connectivity index (χ1n) is 6.69. The normalized spacial score (nSPS) is 17.4. The molecule has 1 aliphatic rings. The van der Waals surface area contributed by atoms with Gasteiger partial charge in [0.2, 0.25) is 5.91 Å². The van der Waals surface area contributed by atoms with Crippen molar-refractivity contribution in [3.8, 4) is 0 Å². The third-order valence-corrected chi connectivity index (χ3v) is 3.28. The van der Waals surface area contributed by atoms with Crippen molar-refractivity contribution in [3.63, 3.8) is 0 Å². The molecule has 3 amide bonds. The highest BCUT2D eigenvalue weighted by atomic mass is 35.5. The van der Waals surface area contributed by atoms with Crippen LogP contribution in [-0.2, 0) is 9.59 Å². The van der Waals surface area contributed by atoms with Crippen molar-refractivity contribution >= 4 is 36.0 Å². The number of carbonyl (C=O) groups is 3. The molecule has 1 aromatic rings. The molecule has 2 rings (SSSR count). The molecule has 22 heavy (non-hydrogen) atoms. The first kappa shape index (κ1) is 17.9. The van der Waals surface area contributed by atoms with Gasteiger partial charge in [-0.3, -0.25) is 19.8 Å². The summed E-state index contributed by atoms with van der Waals surface area (Å²) >= 11 is 0. The summed E-state index contributed by atoms with van der Waals surface area (Å²) in [6, 6.07) is 7.47. The lowest BCUT2D eigenvalue weighted by molar-refractivity contribution is -0.142. The zero-order valence-corrected chi connectivity index (χ0v) is 12.6. The van der Waals surface area contributed by atoms with Crippen molar-refractivity contribution in [3.05, 3.63) is 30.3 Å². The average molecular weight is 328 g/mol. The van der Waals surface area contributed by atoms with Crippen LogP contribution in [0.3, 0.4) is 0 Å². The lowest BCUT2D eigenvalue weighted by Gasteiger charge is -2.19. The highest BCUT2D eigenvalue weighted by molar-refractivity contribution is 6.01. The number of hydrogen-bond donors (Lipinski definition) is 3. The molecule has 0 bridgehead atoms. The van der Waals surface area contributed by atoms with E-state index in [1.165, 1.54) is 0 Å². The zero-order valence-electron chi connectivity index (χ0n) is 11.8. The third-order valence-electron chi connectivity index (χ3n) is 3.28. The Morgan fingerprint density at radius 1 is 1.23 bits per heavy atom. The lowest BCUT2D eigenvalue weighted by atomic mass is 10.2. The van der Waals surface area contributed by atoms with Crippen LogP contribution in [0.5, 0.6) is 0 Å². The summed E-state index contributed by atoms with van der Waals surface area (Å²) in [6.45, 7) is 0.448. The van der Waals surface area contributed by atoms with Crippen LogP contribution in [0.15, 0.2) is 30.3 Å². The van der Waals surface area contributed by atoms with Gasteiger partial charge in [0.05, 0.1) is 6.54 Å². The number of anilines is 1. The molecular formula is C14H18ClN3O4. The number of urea groups is 1. The second-order valence-corrected chi connectivity index (χ2v) is 4.84. The van der Waals surface area contributed by atoms with Crippen LogP contribution in [0.1, 0.15) is 12.8 Å². The SMILES string of the molecule is Cl.O=C(CN1CCCC1C(=O)O)NC(=O)Nc1ccccc1. The summed E-state index contributed by atoms with van der Waals surface area (Å²) in [5.41, 5.74) is 0.576. The highest BCUT2D eigenvalue weighted by Crippen LogP contribution is 2.16. The minimum atomic E-state index is -0.936. The Morgan fingerprint density at radius 2 is 1.91 bits per heavy atom. The zero-order chi connectivity index (χ0) is 15.2. The number of likely N-dealkylation sites (tertiary alicyclic amines) is 1. The van der Waals surface area contributed by atoms with E-state index < -0.39 is 23.9 Å². The number of rotatable bonds is 4. The van der Waals surface area contributed by atoms with Gasteiger partial charge in [0.15, 0.2) is 0 Å². The topological polar surface area (TPSA) is 98.7 Å². The fourth-order valence-corrected chi connectivity index (χ4v) is 2.33. The maximum absolute atomic E-state index is 11.8. The van der Waals surface area contributed by atoms with Gasteiger partial charge in [0.1, 0.15) is 6.04 Å². The monoisotopic (exact) mass is 327 g/mol. The molecule has 120 valence electrons. The quantitative estimate of drug-likeness (QED) is 0.774. The number of carboxylic acids is 1. The van der Waals surface area contributed by atoms with E-state index in [1.54, 1.807) is 29.2 Å². The Hall–Kier alpha value is -2.12. The fourth-order valence-electron chi connectivity index (χ4n) is 2.33. The number of imide groups is 1. The summed E-state index contributed by atoms with van der Waals surface area (Å²) in [6.07, 6.45) is 1.26. The number of nitrogens with one attached hydrogen (secondary N) is 2. The average Bonchev–Trinajstić information content (AvgIpc) is 2.87. The number of carbonyl (C=O) groups excluding carboxylic acids is 2. The van der Waals surface area contributed by atoms with Crippen molar-refractivity contribution in [2.75, 3.05) is 18.4 Å². The minimum absolute atomic E-state index is 0. The van der Waals surface area contributed by atoms with Crippen LogP contribution in [0, 0.1) is 0 Å². The summed E-state index contributed by atoms with van der Waals surface area (Å²) in [7, 11) is 0. The molecule has 1 unspecified atom stereocenters. The van der Waals surface area contributed by atoms with Gasteiger partial charge in [-0.15, -0.1) is 12.4 Å². The predicted octanol–water partition coefficient (Wildman–Crippen LogP) is 1.31. The highest BCUT2D eigenvalue weighted by Gasteiger charge is 2.31. The minimum Gasteiger partial charge on any atom is -0.480 e. The largest absolute Gasteiger partial charge is 0.480 e. The van der Waals surface area contributed by atoms with E-state index in [0.717, 1.165) is 6.42 Å². The predicted molar refractivity (Wildman–Crippen MR) is 83.1 cm³/mol. The molecule has 1 aliphatic heterocycles. The van der Waals surface area contributed by atoms with Crippen molar-refractivity contribution in [1.29, 1.82) is 0 Å². The van der Waals surface area contributed by atoms with Gasteiger partial charge < -0.3 is 10.4 Å². The number of hydrogen-bond acceptors (Lipinski definition) is 4. The Kier molecular flexibility index (Phi) is 6.81. The summed E-state index contributed by atoms with van der Waals surface area (Å²) in [5, 5.41) is 13.7. The van der Waals surface area contributed by atoms with Gasteiger partial charge in [-0.2, -0.15) is 0 Å². The fraction of sp³-hybridized carbons (Fsp3) is 0.357. The maximum Gasteiger partial charge on any atom is 0.325 e. The second kappa shape index (κ2) is 8.35. The van der Waals surface area contributed by atoms with Gasteiger partial charge in [-0.05, 0) is 31.5 Å². The molecule has 0 spiro atoms. The molecule has 0 saturated carbocycles. The number of amides is 3. The number of para-hydroxylation sites is 1. The third kappa shape index (κ3) is 5.01. The van der Waals surface area contributed by atoms with Crippen molar-refractivity contribution in [2.24, 2.45) is 0 Å². The van der Waals surface area contributed by atoms with Crippen molar-refractivity contribution in [2.45, 2.75) is 18.9 Å². The van der Waals surface area contributed by atoms with E-state index in [-0.39, 0.29) is 19.0 Å². The second-order valence-electron chi connectivity index (χ2n) is 4.84. The van der Waals surface area contributed by atoms with Crippen molar-refractivity contribution in [1.82, 2.24) is 10.2 Å². The van der Waals surface area contributed by atoms with Crippen LogP contribution in [0.4, 0.5) is 10.5 Å². The van der Waals surface area contributed by atoms with Crippen LogP contribution >= 0.6 is 12.4 Å². The number of benzene rings is 1. The van der Waals surface area contributed by atoms with E-state index in [1.807, 2.05) is 6.07 Å². The molecule has 0 aliphatic carbocycles. The molecule has 1 aromatic carbocycles. The molecular weight excluding hydrogens is 310 g/mol. The standard InChI is InChI=1S/C14H17N3O4.ClH/c18-12(9-17-8-4-7-11(17)13(19)20)16-14(21)15-10-5-2-1-3-6-10;/h1-3,5-6,11H,4,7-9H2,(H,19,20)(H2,15,16,18,21);1H. The Bertz CT molecular complexity index is 538. The molecule has 1 atom stereocenters. The van der Waals surface area contributed by atoms with Gasteiger partial charge in [-0.1, -0.05) is 18.2 Å². The van der Waals surface area contributed by atoms with Gasteiger partial charge in [0.25, 0.3) is 0 Å². The number of halogens is 1. The molecule has 8 heteroatoms. The molecule has 3 N–H and O–H groups in total. The van der Waals surface area contributed by atoms with Gasteiger partial charge >= 0.3 is 12.0 Å². The summed E-state index contributed by atoms with van der Waals surface area (Å²) < 4.78 is 0. The smallest absolute Gasteiger partial charge is 0.325 e. The maximum atomic E-state index is 11.8. The first-order chi connectivity index (χ1) is 10.1. The summed E-state index contributed by atoms with van der Waals surface area (Å²) in [5.74, 6) is -1.45. The van der Waals surface area contributed by atoms with E-state index in [2.05, 4.69) is 10.6 Å². The molecule has 7 nitrogen and oxygen atoms in total. The van der Waals surface area contributed by atoms with Crippen LogP contribution in [0.2, 0.25) is 0 Å². The van der Waals surface area contributed by atoms with Crippen LogP contribution in [-0.4, -0.2) is 47.0 Å². The van der Waals surface area contributed by atoms with E-state index >= 15 is 0 Å².